The highest BCUT2D eigenvalue weighted by Gasteiger charge is 2.23. The summed E-state index contributed by atoms with van der Waals surface area (Å²) in [4.78, 5) is 23.8. The second kappa shape index (κ2) is 9.56. The number of hydrogen-bond donors (Lipinski definition) is 3. The van der Waals surface area contributed by atoms with Crippen LogP contribution in [0.15, 0.2) is 41.8 Å². The van der Waals surface area contributed by atoms with Crippen molar-refractivity contribution in [1.29, 1.82) is 0 Å². The molecule has 164 valence electrons. The Hall–Kier alpha value is -2.80. The summed E-state index contributed by atoms with van der Waals surface area (Å²) in [5, 5.41) is 12.7. The zero-order valence-corrected chi connectivity index (χ0v) is 19.6. The molecule has 6 nitrogen and oxygen atoms in total. The summed E-state index contributed by atoms with van der Waals surface area (Å²) < 4.78 is 0. The van der Waals surface area contributed by atoms with E-state index < -0.39 is 6.09 Å². The standard InChI is InChI=1S/C24H30N4O2S/c1-15-6-8-17(9-7-15)21-18(13-27-23(29)30)20(12-24(3,4)5)28-16(2)19(21)14-31-22-25-10-11-26-22/h6-11,27H,12-14H2,1-5H3,(H,25,26)(H,29,30). The first-order valence-corrected chi connectivity index (χ1v) is 11.3. The largest absolute Gasteiger partial charge is 0.465 e. The molecule has 2 heterocycles. The van der Waals surface area contributed by atoms with Gasteiger partial charge in [-0.25, -0.2) is 9.78 Å². The van der Waals surface area contributed by atoms with Crippen LogP contribution in [0, 0.1) is 19.3 Å². The summed E-state index contributed by atoms with van der Waals surface area (Å²) in [7, 11) is 0. The number of carbonyl (C=O) groups is 1. The van der Waals surface area contributed by atoms with Crippen LogP contribution in [-0.2, 0) is 18.7 Å². The monoisotopic (exact) mass is 438 g/mol. The van der Waals surface area contributed by atoms with Gasteiger partial charge in [0.2, 0.25) is 0 Å². The Balaban J connectivity index is 2.18. The molecular weight excluding hydrogens is 408 g/mol. The van der Waals surface area contributed by atoms with Crippen molar-refractivity contribution < 1.29 is 9.90 Å². The van der Waals surface area contributed by atoms with E-state index in [0.29, 0.717) is 5.75 Å². The quantitative estimate of drug-likeness (QED) is 0.409. The normalized spacial score (nSPS) is 11.5. The zero-order chi connectivity index (χ0) is 22.6. The van der Waals surface area contributed by atoms with Crippen molar-refractivity contribution in [1.82, 2.24) is 20.3 Å². The number of pyridine rings is 1. The number of hydrogen-bond acceptors (Lipinski definition) is 4. The number of carboxylic acid groups (broad SMARTS) is 1. The van der Waals surface area contributed by atoms with E-state index in [9.17, 15) is 9.90 Å². The maximum absolute atomic E-state index is 11.3. The van der Waals surface area contributed by atoms with E-state index in [-0.39, 0.29) is 12.0 Å². The molecule has 0 radical (unpaired) electrons. The molecule has 3 aromatic rings. The van der Waals surface area contributed by atoms with Crippen LogP contribution in [0.2, 0.25) is 0 Å². The third kappa shape index (κ3) is 6.10. The number of thioether (sulfide) groups is 1. The molecule has 7 heteroatoms. The van der Waals surface area contributed by atoms with Crippen LogP contribution >= 0.6 is 11.8 Å². The maximum Gasteiger partial charge on any atom is 0.404 e. The second-order valence-electron chi connectivity index (χ2n) is 8.92. The van der Waals surface area contributed by atoms with Gasteiger partial charge in [0.15, 0.2) is 5.16 Å². The molecule has 0 unspecified atom stereocenters. The van der Waals surface area contributed by atoms with Crippen LogP contribution in [0.4, 0.5) is 4.79 Å². The SMILES string of the molecule is Cc1ccc(-c2c(CSc3ncc[nH]3)c(C)nc(CC(C)(C)C)c2CNC(=O)O)cc1. The van der Waals surface area contributed by atoms with Gasteiger partial charge in [-0.05, 0) is 42.4 Å². The topological polar surface area (TPSA) is 90.9 Å². The number of nitrogens with one attached hydrogen (secondary N) is 2. The summed E-state index contributed by atoms with van der Waals surface area (Å²) >= 11 is 1.62. The highest BCUT2D eigenvalue weighted by molar-refractivity contribution is 7.98. The number of rotatable bonds is 7. The Bertz CT molecular complexity index is 1040. The fraction of sp³-hybridized carbons (Fsp3) is 0.375. The summed E-state index contributed by atoms with van der Waals surface area (Å²) in [6.07, 6.45) is 3.27. The minimum atomic E-state index is -1.04. The van der Waals surface area contributed by atoms with Crippen molar-refractivity contribution in [3.8, 4) is 11.1 Å². The lowest BCUT2D eigenvalue weighted by Gasteiger charge is -2.25. The molecule has 2 aromatic heterocycles. The molecule has 0 saturated heterocycles. The van der Waals surface area contributed by atoms with E-state index in [2.05, 4.69) is 67.2 Å². The number of nitrogens with zero attached hydrogens (tertiary/aromatic N) is 2. The van der Waals surface area contributed by atoms with E-state index in [1.807, 2.05) is 13.1 Å². The predicted octanol–water partition coefficient (Wildman–Crippen LogP) is 5.74. The number of aromatic nitrogens is 3. The van der Waals surface area contributed by atoms with E-state index in [4.69, 9.17) is 4.98 Å². The maximum atomic E-state index is 11.3. The third-order valence-corrected chi connectivity index (χ3v) is 5.90. The summed E-state index contributed by atoms with van der Waals surface area (Å²) in [5.41, 5.74) is 7.30. The van der Waals surface area contributed by atoms with Crippen LogP contribution in [0.5, 0.6) is 0 Å². The fourth-order valence-electron chi connectivity index (χ4n) is 3.56. The van der Waals surface area contributed by atoms with Gasteiger partial charge < -0.3 is 15.4 Å². The first kappa shape index (κ1) is 22.9. The van der Waals surface area contributed by atoms with Gasteiger partial charge in [-0.1, -0.05) is 62.4 Å². The Kier molecular flexibility index (Phi) is 7.05. The zero-order valence-electron chi connectivity index (χ0n) is 18.7. The van der Waals surface area contributed by atoms with Crippen LogP contribution < -0.4 is 5.32 Å². The highest BCUT2D eigenvalue weighted by atomic mass is 32.2. The van der Waals surface area contributed by atoms with Gasteiger partial charge in [0, 0.05) is 41.6 Å². The van der Waals surface area contributed by atoms with Crippen LogP contribution in [0.3, 0.4) is 0 Å². The molecule has 0 bridgehead atoms. The smallest absolute Gasteiger partial charge is 0.404 e. The van der Waals surface area contributed by atoms with Gasteiger partial charge in [-0.15, -0.1) is 0 Å². The van der Waals surface area contributed by atoms with Crippen LogP contribution in [0.1, 0.15) is 48.8 Å². The molecule has 0 atom stereocenters. The summed E-state index contributed by atoms with van der Waals surface area (Å²) in [5.74, 6) is 0.686. The molecule has 0 aliphatic heterocycles. The molecule has 3 N–H and O–H groups in total. The fourth-order valence-corrected chi connectivity index (χ4v) is 4.48. The van der Waals surface area contributed by atoms with Crippen molar-refractivity contribution in [2.75, 3.05) is 0 Å². The molecular formula is C24H30N4O2S. The molecule has 1 aromatic carbocycles. The number of H-pyrrole nitrogens is 1. The number of imidazole rings is 1. The molecule has 0 aliphatic rings. The number of benzene rings is 1. The molecule has 1 amide bonds. The van der Waals surface area contributed by atoms with E-state index >= 15 is 0 Å². The Morgan fingerprint density at radius 2 is 1.87 bits per heavy atom. The highest BCUT2D eigenvalue weighted by Crippen LogP contribution is 2.36. The van der Waals surface area contributed by atoms with Crippen molar-refractivity contribution in [3.63, 3.8) is 0 Å². The van der Waals surface area contributed by atoms with Crippen LogP contribution in [0.25, 0.3) is 11.1 Å². The van der Waals surface area contributed by atoms with Crippen molar-refractivity contribution >= 4 is 17.9 Å². The van der Waals surface area contributed by atoms with Crippen LogP contribution in [-0.4, -0.2) is 26.2 Å². The van der Waals surface area contributed by atoms with Crippen molar-refractivity contribution in [2.45, 2.75) is 58.5 Å². The minimum Gasteiger partial charge on any atom is -0.465 e. The second-order valence-corrected chi connectivity index (χ2v) is 9.89. The lowest BCUT2D eigenvalue weighted by molar-refractivity contribution is 0.194. The average Bonchev–Trinajstić information content (AvgIpc) is 3.19. The number of amides is 1. The lowest BCUT2D eigenvalue weighted by Crippen LogP contribution is -2.24. The Morgan fingerprint density at radius 3 is 2.45 bits per heavy atom. The Labute approximate surface area is 187 Å². The lowest BCUT2D eigenvalue weighted by atomic mass is 9.85. The number of aromatic amines is 1. The van der Waals surface area contributed by atoms with Gasteiger partial charge in [-0.2, -0.15) is 0 Å². The molecule has 0 fully saturated rings. The van der Waals surface area contributed by atoms with E-state index in [0.717, 1.165) is 45.2 Å². The summed E-state index contributed by atoms with van der Waals surface area (Å²) in [6, 6.07) is 8.39. The predicted molar refractivity (Wildman–Crippen MR) is 125 cm³/mol. The molecule has 3 rings (SSSR count). The van der Waals surface area contributed by atoms with Crippen molar-refractivity contribution in [2.24, 2.45) is 5.41 Å². The third-order valence-electron chi connectivity index (χ3n) is 4.97. The first-order valence-electron chi connectivity index (χ1n) is 10.3. The molecule has 0 spiro atoms. The van der Waals surface area contributed by atoms with Gasteiger partial charge in [0.25, 0.3) is 0 Å². The van der Waals surface area contributed by atoms with E-state index in [1.165, 1.54) is 5.56 Å². The van der Waals surface area contributed by atoms with Crippen molar-refractivity contribution in [3.05, 3.63) is 64.7 Å². The van der Waals surface area contributed by atoms with Gasteiger partial charge in [0.1, 0.15) is 0 Å². The minimum absolute atomic E-state index is 0.0202. The summed E-state index contributed by atoms with van der Waals surface area (Å²) in [6.45, 7) is 10.8. The average molecular weight is 439 g/mol. The molecule has 31 heavy (non-hydrogen) atoms. The molecule has 0 saturated carbocycles. The van der Waals surface area contributed by atoms with E-state index in [1.54, 1.807) is 18.0 Å². The Morgan fingerprint density at radius 1 is 1.16 bits per heavy atom. The number of aryl methyl sites for hydroxylation is 2. The molecule has 0 aliphatic carbocycles. The van der Waals surface area contributed by atoms with Gasteiger partial charge >= 0.3 is 6.09 Å². The van der Waals surface area contributed by atoms with Gasteiger partial charge in [0.05, 0.1) is 0 Å². The first-order chi connectivity index (χ1) is 14.6. The van der Waals surface area contributed by atoms with Gasteiger partial charge in [-0.3, -0.25) is 4.98 Å².